The van der Waals surface area contributed by atoms with Gasteiger partial charge in [-0.25, -0.2) is 0 Å². The number of benzene rings is 1. The molecule has 5 rings (SSSR count). The van der Waals surface area contributed by atoms with E-state index >= 15 is 4.79 Å². The van der Waals surface area contributed by atoms with Gasteiger partial charge in [0.25, 0.3) is 0 Å². The number of primary amides is 3. The molecule has 0 bridgehead atoms. The van der Waals surface area contributed by atoms with Gasteiger partial charge in [-0.05, 0) is 55.2 Å². The predicted molar refractivity (Wildman–Crippen MR) is 296 cm³/mol. The van der Waals surface area contributed by atoms with Crippen molar-refractivity contribution in [3.63, 3.8) is 0 Å². The van der Waals surface area contributed by atoms with Crippen LogP contribution in [-0.2, 0) is 54.4 Å². The molecular weight excluding hydrogens is 1050 g/mol. The highest BCUT2D eigenvalue weighted by Gasteiger charge is 2.46. The highest BCUT2D eigenvalue weighted by molar-refractivity contribution is 6.00. The number of allylic oxidation sites excluding steroid dienone is 3. The van der Waals surface area contributed by atoms with Gasteiger partial charge in [0.05, 0.1) is 36.9 Å². The highest BCUT2D eigenvalue weighted by atomic mass is 16.3. The summed E-state index contributed by atoms with van der Waals surface area (Å²) in [6, 6.07) is -4.37. The number of nitrogens with two attached hydrogens (primary N) is 6. The van der Waals surface area contributed by atoms with Gasteiger partial charge in [0, 0.05) is 48.7 Å². The third-order valence-electron chi connectivity index (χ3n) is 14.5. The summed E-state index contributed by atoms with van der Waals surface area (Å²) in [7, 11) is 0. The van der Waals surface area contributed by atoms with Crippen LogP contribution in [0.5, 0.6) is 0 Å². The number of fused-ring (bicyclic) bond motifs is 1. The number of aromatic nitrogens is 1. The van der Waals surface area contributed by atoms with Crippen molar-refractivity contribution in [2.24, 2.45) is 57.1 Å². The number of amides is 10. The number of carbonyl (C=O) groups excluding carboxylic acids is 10. The fourth-order valence-corrected chi connectivity index (χ4v) is 9.41. The van der Waals surface area contributed by atoms with E-state index in [0.717, 1.165) is 16.6 Å². The Kier molecular flexibility index (Phi) is 23.1. The summed E-state index contributed by atoms with van der Waals surface area (Å²) in [6.07, 6.45) is 9.34. The van der Waals surface area contributed by atoms with Crippen molar-refractivity contribution in [2.45, 2.75) is 134 Å². The monoisotopic (exact) mass is 1130 g/mol. The van der Waals surface area contributed by atoms with Gasteiger partial charge in [-0.1, -0.05) is 70.9 Å². The van der Waals surface area contributed by atoms with E-state index in [1.165, 1.54) is 4.90 Å². The zero-order chi connectivity index (χ0) is 59.7. The van der Waals surface area contributed by atoms with Crippen LogP contribution in [0.1, 0.15) is 84.6 Å². The van der Waals surface area contributed by atoms with Crippen LogP contribution in [0.4, 0.5) is 0 Å². The Morgan fingerprint density at radius 1 is 0.765 bits per heavy atom. The lowest BCUT2D eigenvalue weighted by molar-refractivity contribution is -0.144. The van der Waals surface area contributed by atoms with E-state index in [1.807, 2.05) is 36.4 Å². The van der Waals surface area contributed by atoms with Crippen LogP contribution in [-0.4, -0.2) is 153 Å². The molecule has 1 fully saturated rings. The molecule has 1 aliphatic carbocycles. The molecule has 22 N–H and O–H groups in total. The fourth-order valence-electron chi connectivity index (χ4n) is 9.41. The quantitative estimate of drug-likeness (QED) is 0.0192. The van der Waals surface area contributed by atoms with Gasteiger partial charge in [0.15, 0.2) is 5.96 Å². The summed E-state index contributed by atoms with van der Waals surface area (Å²) < 4.78 is 0. The summed E-state index contributed by atoms with van der Waals surface area (Å²) in [5.74, 6) is -11.3. The van der Waals surface area contributed by atoms with E-state index in [1.54, 1.807) is 51.2 Å². The first-order chi connectivity index (χ1) is 38.5. The number of nitrogens with zero attached hydrogens (tertiary/aromatic N) is 3. The van der Waals surface area contributed by atoms with E-state index in [-0.39, 0.29) is 44.7 Å². The maximum Gasteiger partial charge on any atom is 0.246 e. The standard InChI is InChI=1S/C52H78N18O11/c1-5-26(3)42(65-45(75)32(53)15-11-17-59-52(57)58)50(80)63-35(20-40(54)72)47(77)61-36(21-41(55)73)48(78)66-43(27(4)6-2)51(81)69-23-29(37-24-70(68-67-37)30-12-7-8-13-30)19-39(69)49(79)62-34(46(76)64-38(25-71)44(56)74)18-28-22-60-33-16-10-9-14-31(28)33/h7,9-10,12-14,16,22,24,26-27,29,32,34-36,38-39,42-43,60,67-68,71H,5-6,8,11,15,17-21,23,25,53H2,1-4H3,(H2,54,72)(H2,55,73)(H2,56,74)(H,61,77)(H,62,79)(H,63,80)(H,64,76)(H,65,75)(H,66,78)(H4,57,58,59)/t26-,27-,29?,32-,34-,35-,36-,38-,39-,42-,43-/m0/s1. The lowest BCUT2D eigenvalue weighted by Crippen LogP contribution is -2.62. The largest absolute Gasteiger partial charge is 0.394 e. The number of rotatable bonds is 31. The number of nitrogens with one attached hydrogen (secondary N) is 9. The summed E-state index contributed by atoms with van der Waals surface area (Å²) in [5.41, 5.74) is 42.3. The van der Waals surface area contributed by atoms with Crippen molar-refractivity contribution in [2.75, 3.05) is 19.7 Å². The van der Waals surface area contributed by atoms with Crippen molar-refractivity contribution >= 4 is 75.9 Å². The Balaban J connectivity index is 1.42. The molecule has 1 aromatic heterocycles. The van der Waals surface area contributed by atoms with Gasteiger partial charge in [-0.15, -0.1) is 5.53 Å². The van der Waals surface area contributed by atoms with Crippen LogP contribution in [0.3, 0.4) is 0 Å². The number of aliphatic hydroxyl groups is 1. The number of hydrogen-bond donors (Lipinski definition) is 16. The van der Waals surface area contributed by atoms with Gasteiger partial charge >= 0.3 is 0 Å². The molecule has 3 heterocycles. The van der Waals surface area contributed by atoms with Crippen LogP contribution < -0.4 is 77.3 Å². The smallest absolute Gasteiger partial charge is 0.246 e. The number of guanidine groups is 1. The van der Waals surface area contributed by atoms with Crippen molar-refractivity contribution in [1.29, 1.82) is 0 Å². The minimum Gasteiger partial charge on any atom is -0.394 e. The molecule has 81 heavy (non-hydrogen) atoms. The number of hydrogen-bond acceptors (Lipinski definition) is 16. The second-order valence-corrected chi connectivity index (χ2v) is 20.4. The van der Waals surface area contributed by atoms with Gasteiger partial charge < -0.3 is 86.7 Å². The van der Waals surface area contributed by atoms with Gasteiger partial charge in [0.1, 0.15) is 42.3 Å². The lowest BCUT2D eigenvalue weighted by atomic mass is 9.96. The van der Waals surface area contributed by atoms with Crippen molar-refractivity contribution in [3.8, 4) is 0 Å². The third-order valence-corrected chi connectivity index (χ3v) is 14.5. The number of H-pyrrole nitrogens is 1. The number of carbonyl (C=O) groups is 10. The second-order valence-electron chi connectivity index (χ2n) is 20.4. The number of aromatic amines is 1. The molecule has 3 aliphatic rings. The van der Waals surface area contributed by atoms with Crippen LogP contribution in [0.2, 0.25) is 0 Å². The van der Waals surface area contributed by atoms with Crippen LogP contribution >= 0.6 is 0 Å². The molecule has 0 saturated carbocycles. The SMILES string of the molecule is CC[C@H](C)[C@H](NC(=O)[C@@H](N)CCCN=C(N)N)C(=O)N[C@@H](CC(N)=O)C(=O)N[C@@H](CC(N)=O)C(=O)N[C@H](C(=O)N1CC(C2=CN(C3=CCC=C3)NN2)C[C@H]1C(=O)N[C@@H](Cc1c[nH]c2ccccc12)C(=O)N[C@@H](CO)C(N)=O)[C@@H](C)CC. The lowest BCUT2D eigenvalue weighted by Gasteiger charge is -2.33. The molecule has 29 heteroatoms. The Bertz CT molecular complexity index is 2780. The molecule has 0 spiro atoms. The Morgan fingerprint density at radius 2 is 1.37 bits per heavy atom. The number of aliphatic imine (C=N–C) groups is 1. The molecule has 11 atom stereocenters. The zero-order valence-electron chi connectivity index (χ0n) is 45.9. The molecule has 29 nitrogen and oxygen atoms in total. The van der Waals surface area contributed by atoms with E-state index in [2.05, 4.69) is 52.8 Å². The third kappa shape index (κ3) is 17.5. The average molecular weight is 1130 g/mol. The van der Waals surface area contributed by atoms with Crippen LogP contribution in [0.25, 0.3) is 10.9 Å². The normalized spacial score (nSPS) is 18.9. The number of hydrazine groups is 2. The molecule has 10 amide bonds. The first-order valence-electron chi connectivity index (χ1n) is 26.8. The molecule has 2 aromatic rings. The highest BCUT2D eigenvalue weighted by Crippen LogP contribution is 2.32. The molecule has 442 valence electrons. The second kappa shape index (κ2) is 29.6. The summed E-state index contributed by atoms with van der Waals surface area (Å²) in [6.45, 7) is 6.06. The Morgan fingerprint density at radius 3 is 1.98 bits per heavy atom. The molecule has 2 aliphatic heterocycles. The summed E-state index contributed by atoms with van der Waals surface area (Å²) in [5, 5.41) is 27.6. The average Bonchev–Trinajstić information content (AvgIpc) is 4.43. The number of para-hydroxylation sites is 1. The van der Waals surface area contributed by atoms with E-state index < -0.39 is 145 Å². The number of likely N-dealkylation sites (tertiary alicyclic amines) is 1. The zero-order valence-corrected chi connectivity index (χ0v) is 45.9. The van der Waals surface area contributed by atoms with E-state index in [0.29, 0.717) is 30.5 Å². The molecule has 1 saturated heterocycles. The molecule has 0 radical (unpaired) electrons. The van der Waals surface area contributed by atoms with Crippen molar-refractivity contribution in [3.05, 3.63) is 71.8 Å². The van der Waals surface area contributed by atoms with Gasteiger partial charge in [0.2, 0.25) is 59.1 Å². The van der Waals surface area contributed by atoms with Crippen LogP contribution in [0.15, 0.2) is 71.3 Å². The molecule has 1 aromatic carbocycles. The van der Waals surface area contributed by atoms with Gasteiger partial charge in [-0.3, -0.25) is 57.9 Å². The minimum atomic E-state index is -1.81. The maximum atomic E-state index is 15.2. The van der Waals surface area contributed by atoms with Gasteiger partial charge in [-0.2, -0.15) is 0 Å². The Hall–Kier alpha value is -8.57. The van der Waals surface area contributed by atoms with Crippen molar-refractivity contribution in [1.82, 2.24) is 57.8 Å². The van der Waals surface area contributed by atoms with Crippen LogP contribution in [0, 0.1) is 17.8 Å². The van der Waals surface area contributed by atoms with E-state index in [9.17, 15) is 48.3 Å². The molecular formula is C52H78N18O11. The first-order valence-corrected chi connectivity index (χ1v) is 26.8. The summed E-state index contributed by atoms with van der Waals surface area (Å²) in [4.78, 5) is 145. The Labute approximate surface area is 467 Å². The number of aliphatic hydroxyl groups excluding tert-OH is 1. The predicted octanol–water partition coefficient (Wildman–Crippen LogP) is -4.45. The van der Waals surface area contributed by atoms with Crippen molar-refractivity contribution < 1.29 is 53.1 Å². The topological polar surface area (TPSA) is 478 Å². The maximum absolute atomic E-state index is 15.2. The summed E-state index contributed by atoms with van der Waals surface area (Å²) >= 11 is 0. The fraction of sp³-hybridized carbons (Fsp3) is 0.519. The first kappa shape index (κ1) is 63.3. The minimum absolute atomic E-state index is 0.00758. The van der Waals surface area contributed by atoms with E-state index in [4.69, 9.17) is 34.4 Å². The molecule has 1 unspecified atom stereocenters.